The second-order valence-corrected chi connectivity index (χ2v) is 7.53. The van der Waals surface area contributed by atoms with E-state index < -0.39 is 6.04 Å². The van der Waals surface area contributed by atoms with Gasteiger partial charge in [0.2, 0.25) is 11.8 Å². The largest absolute Gasteiger partial charge is 0.497 e. The smallest absolute Gasteiger partial charge is 0.248 e. The molecule has 1 unspecified atom stereocenters. The van der Waals surface area contributed by atoms with Crippen LogP contribution in [0.5, 0.6) is 5.75 Å². The molecule has 3 aromatic rings. The normalized spacial score (nSPS) is 12.1. The molecule has 0 aliphatic carbocycles. The Labute approximate surface area is 173 Å². The van der Waals surface area contributed by atoms with Crippen molar-refractivity contribution in [3.8, 4) is 5.75 Å². The molecule has 0 fully saturated rings. The summed E-state index contributed by atoms with van der Waals surface area (Å²) in [5, 5.41) is 5.96. The summed E-state index contributed by atoms with van der Waals surface area (Å²) in [6, 6.07) is 12.7. The Balaban J connectivity index is 1.56. The van der Waals surface area contributed by atoms with Gasteiger partial charge in [0.25, 0.3) is 0 Å². The van der Waals surface area contributed by atoms with Gasteiger partial charge in [0.1, 0.15) is 11.8 Å². The summed E-state index contributed by atoms with van der Waals surface area (Å²) in [5.74, 6) is 0.0870. The van der Waals surface area contributed by atoms with Crippen LogP contribution in [-0.4, -0.2) is 29.9 Å². The molecule has 2 N–H and O–H groups in total. The van der Waals surface area contributed by atoms with Gasteiger partial charge in [-0.15, -0.1) is 0 Å². The van der Waals surface area contributed by atoms with E-state index in [4.69, 9.17) is 4.74 Å². The van der Waals surface area contributed by atoms with Gasteiger partial charge in [0.15, 0.2) is 5.13 Å². The van der Waals surface area contributed by atoms with Crippen molar-refractivity contribution >= 4 is 44.6 Å². The number of carbonyl (C=O) groups is 2. The highest BCUT2D eigenvalue weighted by Gasteiger charge is 2.16. The van der Waals surface area contributed by atoms with Crippen LogP contribution in [0.2, 0.25) is 0 Å². The van der Waals surface area contributed by atoms with Crippen molar-refractivity contribution in [3.05, 3.63) is 59.7 Å². The number of nitrogens with one attached hydrogen (secondary N) is 2. The zero-order valence-electron chi connectivity index (χ0n) is 16.6. The van der Waals surface area contributed by atoms with Crippen molar-refractivity contribution in [1.29, 1.82) is 0 Å². The molecule has 2 aromatic carbocycles. The standard InChI is InChI=1S/C22H23N3O3S/c1-4-15-7-11-18-19(13-15)29-22(24-18)25-21(27)14(2)23-20(26)12-8-16-5-9-17(28-3)10-6-16/h5-14H,4H2,1-3H3,(H,23,26)(H,24,25,27)/b12-8+. The number of hydrogen-bond acceptors (Lipinski definition) is 5. The quantitative estimate of drug-likeness (QED) is 0.578. The number of thiazole rings is 1. The van der Waals surface area contributed by atoms with E-state index in [1.165, 1.54) is 23.0 Å². The van der Waals surface area contributed by atoms with Crippen LogP contribution >= 0.6 is 11.3 Å². The molecule has 1 atom stereocenters. The molecule has 1 heterocycles. The summed E-state index contributed by atoms with van der Waals surface area (Å²) < 4.78 is 6.13. The van der Waals surface area contributed by atoms with E-state index in [1.54, 1.807) is 20.1 Å². The average Bonchev–Trinajstić information content (AvgIpc) is 3.13. The highest BCUT2D eigenvalue weighted by atomic mass is 32.1. The Morgan fingerprint density at radius 3 is 2.66 bits per heavy atom. The third kappa shape index (κ3) is 5.42. The molecule has 150 valence electrons. The summed E-state index contributed by atoms with van der Waals surface area (Å²) in [7, 11) is 1.60. The fourth-order valence-corrected chi connectivity index (χ4v) is 3.60. The van der Waals surface area contributed by atoms with Crippen LogP contribution in [0.4, 0.5) is 5.13 Å². The van der Waals surface area contributed by atoms with Gasteiger partial charge >= 0.3 is 0 Å². The van der Waals surface area contributed by atoms with Crippen LogP contribution in [0.3, 0.4) is 0 Å². The Morgan fingerprint density at radius 1 is 1.21 bits per heavy atom. The van der Waals surface area contributed by atoms with Gasteiger partial charge in [-0.05, 0) is 54.8 Å². The first-order chi connectivity index (χ1) is 14.0. The van der Waals surface area contributed by atoms with Gasteiger partial charge in [-0.1, -0.05) is 36.5 Å². The molecule has 29 heavy (non-hydrogen) atoms. The molecule has 6 nitrogen and oxygen atoms in total. The molecule has 0 saturated heterocycles. The second kappa shape index (κ2) is 9.34. The summed E-state index contributed by atoms with van der Waals surface area (Å²) >= 11 is 1.42. The number of nitrogens with zero attached hydrogens (tertiary/aromatic N) is 1. The van der Waals surface area contributed by atoms with E-state index in [9.17, 15) is 9.59 Å². The Morgan fingerprint density at radius 2 is 1.97 bits per heavy atom. The Bertz CT molecular complexity index is 1040. The number of benzene rings is 2. The van der Waals surface area contributed by atoms with E-state index in [0.717, 1.165) is 28.0 Å². The Kier molecular flexibility index (Phi) is 6.61. The first-order valence-corrected chi connectivity index (χ1v) is 10.1. The van der Waals surface area contributed by atoms with Crippen LogP contribution in [0.1, 0.15) is 25.0 Å². The van der Waals surface area contributed by atoms with E-state index in [1.807, 2.05) is 36.4 Å². The minimum Gasteiger partial charge on any atom is -0.497 e. The Hall–Kier alpha value is -3.19. The van der Waals surface area contributed by atoms with E-state index in [0.29, 0.717) is 5.13 Å². The number of aryl methyl sites for hydroxylation is 1. The lowest BCUT2D eigenvalue weighted by molar-refractivity contribution is -0.123. The average molecular weight is 410 g/mol. The third-order valence-corrected chi connectivity index (χ3v) is 5.32. The number of rotatable bonds is 7. The number of methoxy groups -OCH3 is 1. The van der Waals surface area contributed by atoms with Crippen molar-refractivity contribution in [1.82, 2.24) is 10.3 Å². The SMILES string of the molecule is CCc1ccc2nc(NC(=O)C(C)NC(=O)/C=C/c3ccc(OC)cc3)sc2c1. The molecule has 0 radical (unpaired) electrons. The summed E-state index contributed by atoms with van der Waals surface area (Å²) in [4.78, 5) is 28.9. The topological polar surface area (TPSA) is 80.3 Å². The monoisotopic (exact) mass is 409 g/mol. The molecular formula is C22H23N3O3S. The number of fused-ring (bicyclic) bond motifs is 1. The third-order valence-electron chi connectivity index (χ3n) is 4.39. The van der Waals surface area contributed by atoms with Crippen LogP contribution in [-0.2, 0) is 16.0 Å². The molecule has 0 aliphatic rings. The highest BCUT2D eigenvalue weighted by molar-refractivity contribution is 7.22. The van der Waals surface area contributed by atoms with Gasteiger partial charge in [0, 0.05) is 6.08 Å². The molecule has 1 aromatic heterocycles. The number of anilines is 1. The lowest BCUT2D eigenvalue weighted by Gasteiger charge is -2.11. The number of ether oxygens (including phenoxy) is 1. The van der Waals surface area contributed by atoms with Crippen molar-refractivity contribution in [2.45, 2.75) is 26.3 Å². The van der Waals surface area contributed by atoms with Crippen LogP contribution in [0.25, 0.3) is 16.3 Å². The lowest BCUT2D eigenvalue weighted by atomic mass is 10.2. The summed E-state index contributed by atoms with van der Waals surface area (Å²) in [5.41, 5.74) is 2.93. The number of aromatic nitrogens is 1. The minimum atomic E-state index is -0.693. The van der Waals surface area contributed by atoms with Crippen LogP contribution in [0, 0.1) is 0 Å². The number of amides is 2. The molecular weight excluding hydrogens is 386 g/mol. The number of hydrogen-bond donors (Lipinski definition) is 2. The van der Waals surface area contributed by atoms with Gasteiger partial charge in [-0.3, -0.25) is 9.59 Å². The minimum absolute atomic E-state index is 0.314. The van der Waals surface area contributed by atoms with Crippen molar-refractivity contribution in [2.75, 3.05) is 12.4 Å². The van der Waals surface area contributed by atoms with Crippen molar-refractivity contribution in [3.63, 3.8) is 0 Å². The fraction of sp³-hybridized carbons (Fsp3) is 0.227. The molecule has 0 bridgehead atoms. The molecule has 0 saturated carbocycles. The van der Waals surface area contributed by atoms with Gasteiger partial charge in [-0.25, -0.2) is 4.98 Å². The van der Waals surface area contributed by atoms with E-state index in [-0.39, 0.29) is 11.8 Å². The van der Waals surface area contributed by atoms with Crippen molar-refractivity contribution < 1.29 is 14.3 Å². The molecule has 7 heteroatoms. The second-order valence-electron chi connectivity index (χ2n) is 6.50. The van der Waals surface area contributed by atoms with Crippen molar-refractivity contribution in [2.24, 2.45) is 0 Å². The lowest BCUT2D eigenvalue weighted by Crippen LogP contribution is -2.40. The van der Waals surface area contributed by atoms with Gasteiger partial charge in [0.05, 0.1) is 17.3 Å². The molecule has 0 spiro atoms. The zero-order chi connectivity index (χ0) is 20.8. The maximum atomic E-state index is 12.4. The fourth-order valence-electron chi connectivity index (χ4n) is 2.67. The predicted octanol–water partition coefficient (Wildman–Crippen LogP) is 4.02. The maximum Gasteiger partial charge on any atom is 0.248 e. The van der Waals surface area contributed by atoms with E-state index >= 15 is 0 Å². The van der Waals surface area contributed by atoms with Gasteiger partial charge in [-0.2, -0.15) is 0 Å². The maximum absolute atomic E-state index is 12.4. The highest BCUT2D eigenvalue weighted by Crippen LogP contribution is 2.27. The zero-order valence-corrected chi connectivity index (χ0v) is 17.4. The van der Waals surface area contributed by atoms with Crippen LogP contribution < -0.4 is 15.4 Å². The van der Waals surface area contributed by atoms with Gasteiger partial charge < -0.3 is 15.4 Å². The van der Waals surface area contributed by atoms with E-state index in [2.05, 4.69) is 28.6 Å². The first kappa shape index (κ1) is 20.5. The van der Waals surface area contributed by atoms with Crippen LogP contribution in [0.15, 0.2) is 48.5 Å². The molecule has 3 rings (SSSR count). The summed E-state index contributed by atoms with van der Waals surface area (Å²) in [6.45, 7) is 3.73. The molecule has 0 aliphatic heterocycles. The number of carbonyl (C=O) groups excluding carboxylic acids is 2. The first-order valence-electron chi connectivity index (χ1n) is 9.31. The molecule has 2 amide bonds. The summed E-state index contributed by atoms with van der Waals surface area (Å²) in [6.07, 6.45) is 4.02. The predicted molar refractivity (Wildman–Crippen MR) is 117 cm³/mol.